The Morgan fingerprint density at radius 3 is 2.36 bits per heavy atom. The number of carbonyl (C=O) groups excluding carboxylic acids is 1. The molecule has 3 nitrogen and oxygen atoms in total. The van der Waals surface area contributed by atoms with E-state index in [1.54, 1.807) is 12.3 Å². The van der Waals surface area contributed by atoms with E-state index in [-0.39, 0.29) is 5.78 Å². The minimum absolute atomic E-state index is 0.180. The highest BCUT2D eigenvalue weighted by Gasteiger charge is 2.00. The van der Waals surface area contributed by atoms with Gasteiger partial charge < -0.3 is 5.43 Å². The summed E-state index contributed by atoms with van der Waals surface area (Å²) >= 11 is 0. The third-order valence-electron chi connectivity index (χ3n) is 1.90. The van der Waals surface area contributed by atoms with Crippen molar-refractivity contribution >= 4 is 5.78 Å². The smallest absolute Gasteiger partial charge is 0.157 e. The molecule has 0 aromatic carbocycles. The second-order valence-electron chi connectivity index (χ2n) is 3.70. The number of rotatable bonds is 7. The number of hydrogen-bond acceptors (Lipinski definition) is 3. The van der Waals surface area contributed by atoms with Gasteiger partial charge in [-0.3, -0.25) is 4.79 Å². The van der Waals surface area contributed by atoms with Gasteiger partial charge in [-0.15, -0.1) is 0 Å². The van der Waals surface area contributed by atoms with E-state index in [1.807, 2.05) is 18.9 Å². The summed E-state index contributed by atoms with van der Waals surface area (Å²) in [7, 11) is 0. The van der Waals surface area contributed by atoms with E-state index in [1.165, 1.54) is 0 Å². The van der Waals surface area contributed by atoms with Gasteiger partial charge in [-0.05, 0) is 12.0 Å². The van der Waals surface area contributed by atoms with Crippen LogP contribution >= 0.6 is 0 Å². The summed E-state index contributed by atoms with van der Waals surface area (Å²) in [6.45, 7) is 10.1. The van der Waals surface area contributed by atoms with Gasteiger partial charge in [-0.25, -0.2) is 5.01 Å². The van der Waals surface area contributed by atoms with Crippen LogP contribution in [0.15, 0.2) is 12.3 Å². The lowest BCUT2D eigenvalue weighted by Gasteiger charge is -2.17. The summed E-state index contributed by atoms with van der Waals surface area (Å²) in [6, 6.07) is 0. The van der Waals surface area contributed by atoms with Crippen LogP contribution in [0.25, 0.3) is 0 Å². The molecule has 0 amide bonds. The van der Waals surface area contributed by atoms with Crippen LogP contribution in [0.3, 0.4) is 0 Å². The first-order valence-corrected chi connectivity index (χ1v) is 5.30. The second kappa shape index (κ2) is 7.56. The Hall–Kier alpha value is -0.830. The lowest BCUT2D eigenvalue weighted by atomic mass is 10.1. The van der Waals surface area contributed by atoms with E-state index in [2.05, 4.69) is 19.3 Å². The van der Waals surface area contributed by atoms with Crippen molar-refractivity contribution in [3.05, 3.63) is 12.3 Å². The molecular formula is C11H22N2O. The molecule has 0 unspecified atom stereocenters. The van der Waals surface area contributed by atoms with E-state index in [0.717, 1.165) is 13.1 Å². The molecule has 0 rings (SSSR count). The molecule has 0 fully saturated rings. The summed E-state index contributed by atoms with van der Waals surface area (Å²) < 4.78 is 0. The van der Waals surface area contributed by atoms with Gasteiger partial charge in [-0.1, -0.05) is 27.7 Å². The molecule has 0 atom stereocenters. The van der Waals surface area contributed by atoms with Crippen LogP contribution in [0.5, 0.6) is 0 Å². The van der Waals surface area contributed by atoms with E-state index < -0.39 is 0 Å². The summed E-state index contributed by atoms with van der Waals surface area (Å²) in [5.74, 6) is 0.611. The molecule has 0 bridgehead atoms. The quantitative estimate of drug-likeness (QED) is 0.501. The fourth-order valence-electron chi connectivity index (χ4n) is 1.11. The summed E-state index contributed by atoms with van der Waals surface area (Å²) in [6.07, 6.45) is 3.95. The first-order valence-electron chi connectivity index (χ1n) is 5.30. The molecule has 0 aliphatic rings. The van der Waals surface area contributed by atoms with E-state index in [4.69, 9.17) is 0 Å². The zero-order valence-corrected chi connectivity index (χ0v) is 9.71. The fraction of sp³-hybridized carbons (Fsp3) is 0.727. The molecule has 0 aliphatic heterocycles. The van der Waals surface area contributed by atoms with E-state index in [9.17, 15) is 4.79 Å². The van der Waals surface area contributed by atoms with Crippen molar-refractivity contribution in [2.45, 2.75) is 34.1 Å². The van der Waals surface area contributed by atoms with Crippen LogP contribution in [0, 0.1) is 5.92 Å². The zero-order chi connectivity index (χ0) is 11.0. The Morgan fingerprint density at radius 1 is 1.36 bits per heavy atom. The van der Waals surface area contributed by atoms with Gasteiger partial charge in [0.15, 0.2) is 5.78 Å². The summed E-state index contributed by atoms with van der Waals surface area (Å²) in [5, 5.41) is 2.03. The normalized spacial score (nSPS) is 11.6. The molecule has 0 aromatic rings. The number of nitrogens with zero attached hydrogens (tertiary/aromatic N) is 1. The van der Waals surface area contributed by atoms with Crippen molar-refractivity contribution in [3.8, 4) is 0 Å². The van der Waals surface area contributed by atoms with Crippen LogP contribution in [-0.2, 0) is 4.79 Å². The predicted octanol–water partition coefficient (Wildman–Crippen LogP) is 1.96. The van der Waals surface area contributed by atoms with Crippen molar-refractivity contribution in [1.82, 2.24) is 10.4 Å². The molecule has 0 radical (unpaired) electrons. The van der Waals surface area contributed by atoms with Crippen molar-refractivity contribution < 1.29 is 4.79 Å². The Morgan fingerprint density at radius 2 is 1.93 bits per heavy atom. The van der Waals surface area contributed by atoms with Crippen LogP contribution in [0.1, 0.15) is 34.1 Å². The highest BCUT2D eigenvalue weighted by atomic mass is 16.1. The molecule has 0 aliphatic carbocycles. The molecule has 0 spiro atoms. The predicted molar refractivity (Wildman–Crippen MR) is 59.7 cm³/mol. The summed E-state index contributed by atoms with van der Waals surface area (Å²) in [4.78, 5) is 11.3. The van der Waals surface area contributed by atoms with E-state index >= 15 is 0 Å². The lowest BCUT2D eigenvalue weighted by molar-refractivity contribution is -0.115. The average molecular weight is 198 g/mol. The fourth-order valence-corrected chi connectivity index (χ4v) is 1.11. The maximum Gasteiger partial charge on any atom is 0.157 e. The van der Waals surface area contributed by atoms with Crippen molar-refractivity contribution in [2.24, 2.45) is 5.92 Å². The molecule has 3 heteroatoms. The first-order chi connectivity index (χ1) is 6.60. The van der Waals surface area contributed by atoms with E-state index in [0.29, 0.717) is 12.3 Å². The number of nitrogens with one attached hydrogen (secondary N) is 1. The summed E-state index contributed by atoms with van der Waals surface area (Å²) in [5.41, 5.74) is 3.06. The monoisotopic (exact) mass is 198 g/mol. The number of allylic oxidation sites excluding steroid dienone is 1. The molecule has 82 valence electrons. The van der Waals surface area contributed by atoms with Gasteiger partial charge in [0.05, 0.1) is 0 Å². The topological polar surface area (TPSA) is 32.3 Å². The third-order valence-corrected chi connectivity index (χ3v) is 1.90. The van der Waals surface area contributed by atoms with Gasteiger partial charge >= 0.3 is 0 Å². The van der Waals surface area contributed by atoms with Gasteiger partial charge in [0, 0.05) is 25.7 Å². The molecule has 0 heterocycles. The SMILES string of the molecule is CCN(CC)N/C=C\C(=O)CC(C)C. The largest absolute Gasteiger partial charge is 0.326 e. The molecular weight excluding hydrogens is 176 g/mol. The molecule has 1 N–H and O–H groups in total. The zero-order valence-electron chi connectivity index (χ0n) is 9.71. The highest BCUT2D eigenvalue weighted by molar-refractivity contribution is 5.89. The first kappa shape index (κ1) is 13.2. The Bertz CT molecular complexity index is 184. The Kier molecular flexibility index (Phi) is 7.11. The van der Waals surface area contributed by atoms with Crippen molar-refractivity contribution in [2.75, 3.05) is 13.1 Å². The number of carbonyl (C=O) groups is 1. The van der Waals surface area contributed by atoms with Crippen molar-refractivity contribution in [3.63, 3.8) is 0 Å². The maximum atomic E-state index is 11.3. The second-order valence-corrected chi connectivity index (χ2v) is 3.70. The van der Waals surface area contributed by atoms with Crippen molar-refractivity contribution in [1.29, 1.82) is 0 Å². The lowest BCUT2D eigenvalue weighted by Crippen LogP contribution is -2.33. The van der Waals surface area contributed by atoms with Crippen LogP contribution in [0.2, 0.25) is 0 Å². The molecule has 0 saturated carbocycles. The van der Waals surface area contributed by atoms with Crippen LogP contribution < -0.4 is 5.43 Å². The van der Waals surface area contributed by atoms with Gasteiger partial charge in [0.1, 0.15) is 0 Å². The number of hydrazine groups is 1. The third kappa shape index (κ3) is 6.66. The highest BCUT2D eigenvalue weighted by Crippen LogP contribution is 2.00. The Balaban J connectivity index is 3.75. The molecule has 0 aromatic heterocycles. The minimum Gasteiger partial charge on any atom is -0.326 e. The molecule has 0 saturated heterocycles. The minimum atomic E-state index is 0.180. The number of ketones is 1. The standard InChI is InChI=1S/C11H22N2O/c1-5-13(6-2)12-8-7-11(14)9-10(3)4/h7-8,10,12H,5-6,9H2,1-4H3/b8-7-. The number of hydrogen-bond donors (Lipinski definition) is 1. The van der Waals surface area contributed by atoms with Crippen LogP contribution in [-0.4, -0.2) is 23.9 Å². The average Bonchev–Trinajstić information content (AvgIpc) is 2.11. The molecule has 14 heavy (non-hydrogen) atoms. The van der Waals surface area contributed by atoms with Gasteiger partial charge in [0.25, 0.3) is 0 Å². The maximum absolute atomic E-state index is 11.3. The van der Waals surface area contributed by atoms with Gasteiger partial charge in [0.2, 0.25) is 0 Å². The van der Waals surface area contributed by atoms with Gasteiger partial charge in [-0.2, -0.15) is 0 Å². The Labute approximate surface area is 87.1 Å². The van der Waals surface area contributed by atoms with Crippen LogP contribution in [0.4, 0.5) is 0 Å².